The largest absolute Gasteiger partial charge is 0.355 e. The van der Waals surface area contributed by atoms with Gasteiger partial charge >= 0.3 is 0 Å². The maximum atomic E-state index is 3.65. The maximum absolute atomic E-state index is 3.65. The molecule has 0 aromatic heterocycles. The Morgan fingerprint density at radius 3 is 2.10 bits per heavy atom. The predicted octanol–water partition coefficient (Wildman–Crippen LogP) is 8.24. The van der Waals surface area contributed by atoms with Gasteiger partial charge in [-0.2, -0.15) is 0 Å². The standard InChI is InChI=1S/C29H38N2/c1-9-22-11-13-26(18-23(22)10-2)31(8)27-16-20(3)15-25(19-27)30-28-14-12-24(17-21(28)4)29(5,6)7/h11-19,30H,9-10H2,1-8H3. The van der Waals surface area contributed by atoms with Gasteiger partial charge in [0, 0.05) is 29.8 Å². The molecule has 31 heavy (non-hydrogen) atoms. The van der Waals surface area contributed by atoms with E-state index in [2.05, 4.69) is 120 Å². The van der Waals surface area contributed by atoms with Crippen molar-refractivity contribution in [2.45, 2.75) is 66.7 Å². The SMILES string of the molecule is CCc1ccc(N(C)c2cc(C)cc(Nc3ccc(C(C)(C)C)cc3C)c2)cc1CC. The fourth-order valence-electron chi connectivity index (χ4n) is 4.10. The lowest BCUT2D eigenvalue weighted by Crippen LogP contribution is -2.12. The van der Waals surface area contributed by atoms with Crippen molar-refractivity contribution in [3.63, 3.8) is 0 Å². The van der Waals surface area contributed by atoms with Gasteiger partial charge in [-0.15, -0.1) is 0 Å². The van der Waals surface area contributed by atoms with Gasteiger partial charge in [0.15, 0.2) is 0 Å². The molecular formula is C29H38N2. The van der Waals surface area contributed by atoms with Crippen molar-refractivity contribution in [2.24, 2.45) is 0 Å². The minimum absolute atomic E-state index is 0.160. The first-order valence-corrected chi connectivity index (χ1v) is 11.5. The van der Waals surface area contributed by atoms with Crippen LogP contribution in [0.3, 0.4) is 0 Å². The van der Waals surface area contributed by atoms with Gasteiger partial charge in [-0.1, -0.05) is 52.8 Å². The average Bonchev–Trinajstić information content (AvgIpc) is 2.73. The van der Waals surface area contributed by atoms with Crippen LogP contribution in [0.2, 0.25) is 0 Å². The molecule has 0 unspecified atom stereocenters. The van der Waals surface area contributed by atoms with E-state index in [1.54, 1.807) is 0 Å². The van der Waals surface area contributed by atoms with Crippen molar-refractivity contribution in [3.05, 3.63) is 82.4 Å². The summed E-state index contributed by atoms with van der Waals surface area (Å²) in [5.74, 6) is 0. The third-order valence-corrected chi connectivity index (χ3v) is 6.16. The number of benzene rings is 3. The van der Waals surface area contributed by atoms with Crippen molar-refractivity contribution >= 4 is 22.7 Å². The molecule has 3 aromatic carbocycles. The van der Waals surface area contributed by atoms with Crippen molar-refractivity contribution in [1.82, 2.24) is 0 Å². The van der Waals surface area contributed by atoms with Crippen molar-refractivity contribution < 1.29 is 0 Å². The van der Waals surface area contributed by atoms with Gasteiger partial charge in [0.05, 0.1) is 0 Å². The summed E-state index contributed by atoms with van der Waals surface area (Å²) in [4.78, 5) is 2.28. The van der Waals surface area contributed by atoms with E-state index in [0.717, 1.165) is 24.2 Å². The summed E-state index contributed by atoms with van der Waals surface area (Å²) in [7, 11) is 2.16. The van der Waals surface area contributed by atoms with Crippen molar-refractivity contribution in [1.29, 1.82) is 0 Å². The van der Waals surface area contributed by atoms with Gasteiger partial charge < -0.3 is 10.2 Å². The number of aryl methyl sites for hydroxylation is 4. The van der Waals surface area contributed by atoms with E-state index in [4.69, 9.17) is 0 Å². The molecule has 0 bridgehead atoms. The second-order valence-corrected chi connectivity index (χ2v) is 9.68. The molecule has 1 N–H and O–H groups in total. The van der Waals surface area contributed by atoms with Gasteiger partial charge in [-0.05, 0) is 96.3 Å². The lowest BCUT2D eigenvalue weighted by molar-refractivity contribution is 0.590. The van der Waals surface area contributed by atoms with Crippen LogP contribution < -0.4 is 10.2 Å². The second kappa shape index (κ2) is 9.18. The molecule has 0 spiro atoms. The highest BCUT2D eigenvalue weighted by molar-refractivity contribution is 5.72. The Balaban J connectivity index is 1.90. The summed E-state index contributed by atoms with van der Waals surface area (Å²) in [5, 5.41) is 3.65. The molecule has 0 saturated carbocycles. The summed E-state index contributed by atoms with van der Waals surface area (Å²) in [6, 6.07) is 20.3. The van der Waals surface area contributed by atoms with E-state index < -0.39 is 0 Å². The molecule has 0 aliphatic carbocycles. The quantitative estimate of drug-likeness (QED) is 0.437. The van der Waals surface area contributed by atoms with E-state index in [0.29, 0.717) is 0 Å². The molecule has 3 rings (SSSR count). The Bertz CT molecular complexity index is 1060. The number of hydrogen-bond donors (Lipinski definition) is 1. The van der Waals surface area contributed by atoms with Crippen LogP contribution in [0.4, 0.5) is 22.7 Å². The van der Waals surface area contributed by atoms with Crippen LogP contribution in [0.5, 0.6) is 0 Å². The number of anilines is 4. The van der Waals surface area contributed by atoms with E-state index in [9.17, 15) is 0 Å². The highest BCUT2D eigenvalue weighted by Crippen LogP contribution is 2.32. The summed E-state index contributed by atoms with van der Waals surface area (Å²) in [6.07, 6.45) is 2.15. The summed E-state index contributed by atoms with van der Waals surface area (Å²) in [6.45, 7) is 15.6. The highest BCUT2D eigenvalue weighted by Gasteiger charge is 2.15. The molecule has 0 amide bonds. The Kier molecular flexibility index (Phi) is 6.79. The Hall–Kier alpha value is -2.74. The Labute approximate surface area is 189 Å². The van der Waals surface area contributed by atoms with E-state index in [1.807, 2.05) is 0 Å². The summed E-state index contributed by atoms with van der Waals surface area (Å²) in [5.41, 5.74) is 11.6. The number of nitrogens with zero attached hydrogens (tertiary/aromatic N) is 1. The van der Waals surface area contributed by atoms with Gasteiger partial charge in [0.1, 0.15) is 0 Å². The van der Waals surface area contributed by atoms with Crippen LogP contribution in [0, 0.1) is 13.8 Å². The zero-order valence-electron chi connectivity index (χ0n) is 20.6. The minimum Gasteiger partial charge on any atom is -0.355 e. The Morgan fingerprint density at radius 1 is 0.774 bits per heavy atom. The van der Waals surface area contributed by atoms with E-state index in [-0.39, 0.29) is 5.41 Å². The van der Waals surface area contributed by atoms with Crippen LogP contribution >= 0.6 is 0 Å². The zero-order chi connectivity index (χ0) is 22.8. The van der Waals surface area contributed by atoms with Crippen LogP contribution in [0.25, 0.3) is 0 Å². The first-order chi connectivity index (χ1) is 14.6. The fraction of sp³-hybridized carbons (Fsp3) is 0.379. The average molecular weight is 415 g/mol. The molecule has 164 valence electrons. The second-order valence-electron chi connectivity index (χ2n) is 9.68. The topological polar surface area (TPSA) is 15.3 Å². The molecule has 2 nitrogen and oxygen atoms in total. The van der Waals surface area contributed by atoms with Gasteiger partial charge in [0.2, 0.25) is 0 Å². The number of hydrogen-bond acceptors (Lipinski definition) is 2. The van der Waals surface area contributed by atoms with Crippen LogP contribution in [0.1, 0.15) is 62.4 Å². The molecule has 0 saturated heterocycles. The van der Waals surface area contributed by atoms with Crippen LogP contribution in [-0.2, 0) is 18.3 Å². The molecule has 0 radical (unpaired) electrons. The van der Waals surface area contributed by atoms with Gasteiger partial charge in [-0.3, -0.25) is 0 Å². The first kappa shape index (κ1) is 22.9. The fourth-order valence-corrected chi connectivity index (χ4v) is 4.10. The monoisotopic (exact) mass is 414 g/mol. The molecule has 0 aliphatic heterocycles. The molecule has 0 aliphatic rings. The minimum atomic E-state index is 0.160. The van der Waals surface area contributed by atoms with Gasteiger partial charge in [-0.25, -0.2) is 0 Å². The van der Waals surface area contributed by atoms with Crippen molar-refractivity contribution in [2.75, 3.05) is 17.3 Å². The van der Waals surface area contributed by atoms with Crippen LogP contribution in [0.15, 0.2) is 54.6 Å². The molecular weight excluding hydrogens is 376 g/mol. The lowest BCUT2D eigenvalue weighted by Gasteiger charge is -2.23. The van der Waals surface area contributed by atoms with Crippen LogP contribution in [-0.4, -0.2) is 7.05 Å². The Morgan fingerprint density at radius 2 is 1.48 bits per heavy atom. The summed E-state index contributed by atoms with van der Waals surface area (Å²) >= 11 is 0. The maximum Gasteiger partial charge on any atom is 0.0431 e. The van der Waals surface area contributed by atoms with Gasteiger partial charge in [0.25, 0.3) is 0 Å². The van der Waals surface area contributed by atoms with Crippen molar-refractivity contribution in [3.8, 4) is 0 Å². The zero-order valence-corrected chi connectivity index (χ0v) is 20.6. The lowest BCUT2D eigenvalue weighted by atomic mass is 9.86. The first-order valence-electron chi connectivity index (χ1n) is 11.5. The molecule has 2 heteroatoms. The van der Waals surface area contributed by atoms with E-state index >= 15 is 0 Å². The number of rotatable bonds is 6. The molecule has 0 atom stereocenters. The molecule has 3 aromatic rings. The molecule has 0 heterocycles. The third-order valence-electron chi connectivity index (χ3n) is 6.16. The smallest absolute Gasteiger partial charge is 0.0431 e. The molecule has 0 fully saturated rings. The third kappa shape index (κ3) is 5.31. The van der Waals surface area contributed by atoms with E-state index in [1.165, 1.54) is 39.2 Å². The number of nitrogens with one attached hydrogen (secondary N) is 1. The predicted molar refractivity (Wildman–Crippen MR) is 138 cm³/mol. The summed E-state index contributed by atoms with van der Waals surface area (Å²) < 4.78 is 0. The highest BCUT2D eigenvalue weighted by atomic mass is 15.1. The normalized spacial score (nSPS) is 11.5.